The maximum absolute atomic E-state index is 12.6. The normalized spacial score (nSPS) is 12.5. The van der Waals surface area contributed by atoms with Gasteiger partial charge in [-0.1, -0.05) is 43.3 Å². The number of aromatic nitrogens is 1. The molecule has 1 aromatic heterocycles. The second kappa shape index (κ2) is 9.92. The molecule has 0 bridgehead atoms. The topological polar surface area (TPSA) is 86.5 Å². The number of aryl methyl sites for hydroxylation is 1. The fourth-order valence-electron chi connectivity index (χ4n) is 3.34. The molecule has 1 heterocycles. The molecule has 0 amide bonds. The summed E-state index contributed by atoms with van der Waals surface area (Å²) in [5.74, 6) is 0.490. The van der Waals surface area contributed by atoms with Gasteiger partial charge in [-0.3, -0.25) is 4.79 Å². The van der Waals surface area contributed by atoms with E-state index in [1.54, 1.807) is 32.2 Å². The van der Waals surface area contributed by atoms with E-state index in [0.29, 0.717) is 35.1 Å². The van der Waals surface area contributed by atoms with Gasteiger partial charge in [-0.05, 0) is 43.0 Å². The SMILES string of the molecule is COc1cccc(-c2nc(CS(=O)(=O)CC(=O)CCC(C)c3ccccc3)c(C)o2)c1. The number of hydrogen-bond donors (Lipinski definition) is 0. The highest BCUT2D eigenvalue weighted by Crippen LogP contribution is 2.26. The van der Waals surface area contributed by atoms with Gasteiger partial charge in [-0.15, -0.1) is 0 Å². The molecule has 0 N–H and O–H groups in total. The molecule has 0 aliphatic heterocycles. The van der Waals surface area contributed by atoms with Crippen molar-refractivity contribution in [3.8, 4) is 17.2 Å². The van der Waals surface area contributed by atoms with Gasteiger partial charge in [-0.25, -0.2) is 13.4 Å². The van der Waals surface area contributed by atoms with Crippen molar-refractivity contribution in [2.24, 2.45) is 0 Å². The number of benzene rings is 2. The lowest BCUT2D eigenvalue weighted by Crippen LogP contribution is -2.18. The highest BCUT2D eigenvalue weighted by atomic mass is 32.2. The Labute approximate surface area is 183 Å². The molecule has 7 heteroatoms. The maximum Gasteiger partial charge on any atom is 0.226 e. The van der Waals surface area contributed by atoms with Crippen molar-refractivity contribution in [1.29, 1.82) is 0 Å². The van der Waals surface area contributed by atoms with E-state index >= 15 is 0 Å². The average molecular weight is 442 g/mol. The Morgan fingerprint density at radius 1 is 1.13 bits per heavy atom. The molecule has 0 aliphatic carbocycles. The van der Waals surface area contributed by atoms with Crippen LogP contribution < -0.4 is 4.74 Å². The van der Waals surface area contributed by atoms with Crippen molar-refractivity contribution >= 4 is 15.6 Å². The van der Waals surface area contributed by atoms with Gasteiger partial charge < -0.3 is 9.15 Å². The Kier molecular flexibility index (Phi) is 7.28. The average Bonchev–Trinajstić information content (AvgIpc) is 3.11. The van der Waals surface area contributed by atoms with Crippen molar-refractivity contribution in [3.63, 3.8) is 0 Å². The summed E-state index contributed by atoms with van der Waals surface area (Å²) in [5, 5.41) is 0. The lowest BCUT2D eigenvalue weighted by Gasteiger charge is -2.11. The second-order valence-corrected chi connectivity index (χ2v) is 9.74. The van der Waals surface area contributed by atoms with Crippen LogP contribution in [0.4, 0.5) is 0 Å². The van der Waals surface area contributed by atoms with Crippen LogP contribution in [0.5, 0.6) is 5.75 Å². The number of methoxy groups -OCH3 is 1. The summed E-state index contributed by atoms with van der Waals surface area (Å²) in [6.45, 7) is 3.71. The Morgan fingerprint density at radius 3 is 2.58 bits per heavy atom. The van der Waals surface area contributed by atoms with Gasteiger partial charge in [0.25, 0.3) is 0 Å². The minimum atomic E-state index is -3.65. The molecule has 0 spiro atoms. The molecular formula is C24H27NO5S. The monoisotopic (exact) mass is 441 g/mol. The number of ether oxygens (including phenoxy) is 1. The van der Waals surface area contributed by atoms with Gasteiger partial charge in [0.05, 0.1) is 18.6 Å². The first kappa shape index (κ1) is 22.7. The summed E-state index contributed by atoms with van der Waals surface area (Å²) in [6, 6.07) is 17.1. The molecule has 6 nitrogen and oxygen atoms in total. The molecule has 3 rings (SSSR count). The standard InChI is InChI=1S/C24H27NO5S/c1-17(19-8-5-4-6-9-19)12-13-21(26)15-31(27,28)16-23-18(2)30-24(25-23)20-10-7-11-22(14-20)29-3/h4-11,14,17H,12-13,15-16H2,1-3H3. The number of hydrogen-bond acceptors (Lipinski definition) is 6. The first-order valence-electron chi connectivity index (χ1n) is 10.1. The highest BCUT2D eigenvalue weighted by molar-refractivity contribution is 7.91. The number of rotatable bonds is 10. The fourth-order valence-corrected chi connectivity index (χ4v) is 4.77. The number of nitrogens with zero attached hydrogens (tertiary/aromatic N) is 1. The molecule has 1 atom stereocenters. The van der Waals surface area contributed by atoms with Crippen LogP contribution in [0.2, 0.25) is 0 Å². The van der Waals surface area contributed by atoms with Crippen molar-refractivity contribution < 1.29 is 22.4 Å². The second-order valence-electron chi connectivity index (χ2n) is 7.68. The lowest BCUT2D eigenvalue weighted by atomic mass is 9.95. The summed E-state index contributed by atoms with van der Waals surface area (Å²) in [6.07, 6.45) is 0.837. The van der Waals surface area contributed by atoms with E-state index < -0.39 is 15.6 Å². The number of Topliss-reactive ketones (excluding diaryl/α,β-unsaturated/α-hetero) is 1. The number of carbonyl (C=O) groups excluding carboxylic acids is 1. The van der Waals surface area contributed by atoms with E-state index in [4.69, 9.17) is 9.15 Å². The van der Waals surface area contributed by atoms with E-state index in [9.17, 15) is 13.2 Å². The van der Waals surface area contributed by atoms with Crippen LogP contribution in [0.25, 0.3) is 11.5 Å². The molecule has 0 saturated heterocycles. The van der Waals surface area contributed by atoms with Crippen molar-refractivity contribution in [2.75, 3.05) is 12.9 Å². The third-order valence-electron chi connectivity index (χ3n) is 5.17. The molecule has 0 fully saturated rings. The predicted molar refractivity (Wildman–Crippen MR) is 120 cm³/mol. The first-order chi connectivity index (χ1) is 14.8. The molecule has 0 aliphatic rings. The number of oxazole rings is 1. The smallest absolute Gasteiger partial charge is 0.226 e. The summed E-state index contributed by atoms with van der Waals surface area (Å²) in [4.78, 5) is 16.7. The Balaban J connectivity index is 1.61. The van der Waals surface area contributed by atoms with Gasteiger partial charge in [0.15, 0.2) is 9.84 Å². The van der Waals surface area contributed by atoms with Gasteiger partial charge in [0, 0.05) is 12.0 Å². The van der Waals surface area contributed by atoms with Crippen LogP contribution in [-0.4, -0.2) is 32.0 Å². The van der Waals surface area contributed by atoms with Crippen molar-refractivity contribution in [1.82, 2.24) is 4.98 Å². The predicted octanol–water partition coefficient (Wildman–Crippen LogP) is 4.73. The summed E-state index contributed by atoms with van der Waals surface area (Å²) >= 11 is 0. The molecular weight excluding hydrogens is 414 g/mol. The van der Waals surface area contributed by atoms with Gasteiger partial charge in [0.2, 0.25) is 5.89 Å². The maximum atomic E-state index is 12.6. The molecule has 2 aromatic carbocycles. The summed E-state index contributed by atoms with van der Waals surface area (Å²) in [7, 11) is -2.08. The first-order valence-corrected chi connectivity index (χ1v) is 12.0. The Hall–Kier alpha value is -2.93. The van der Waals surface area contributed by atoms with Gasteiger partial charge in [0.1, 0.15) is 23.0 Å². The van der Waals surface area contributed by atoms with Crippen molar-refractivity contribution in [3.05, 3.63) is 71.6 Å². The Morgan fingerprint density at radius 2 is 1.87 bits per heavy atom. The molecule has 164 valence electrons. The number of ketones is 1. The zero-order valence-corrected chi connectivity index (χ0v) is 18.8. The minimum absolute atomic E-state index is 0.191. The van der Waals surface area contributed by atoms with Crippen LogP contribution in [0.3, 0.4) is 0 Å². The molecule has 0 saturated carbocycles. The van der Waals surface area contributed by atoms with Gasteiger partial charge >= 0.3 is 0 Å². The zero-order valence-electron chi connectivity index (χ0n) is 18.0. The van der Waals surface area contributed by atoms with E-state index in [2.05, 4.69) is 4.98 Å². The number of sulfone groups is 1. The Bertz CT molecular complexity index is 1140. The molecule has 3 aromatic rings. The molecule has 1 unspecified atom stereocenters. The van der Waals surface area contributed by atoms with E-state index in [1.807, 2.05) is 43.3 Å². The summed E-state index contributed by atoms with van der Waals surface area (Å²) in [5.41, 5.74) is 2.15. The fraction of sp³-hybridized carbons (Fsp3) is 0.333. The van der Waals surface area contributed by atoms with Crippen LogP contribution in [0, 0.1) is 6.92 Å². The largest absolute Gasteiger partial charge is 0.497 e. The van der Waals surface area contributed by atoms with Crippen LogP contribution in [0.1, 0.15) is 42.7 Å². The highest BCUT2D eigenvalue weighted by Gasteiger charge is 2.22. The van der Waals surface area contributed by atoms with Crippen LogP contribution in [-0.2, 0) is 20.4 Å². The van der Waals surface area contributed by atoms with Crippen molar-refractivity contribution in [2.45, 2.75) is 38.4 Å². The molecule has 0 radical (unpaired) electrons. The summed E-state index contributed by atoms with van der Waals surface area (Å²) < 4.78 is 36.1. The quantitative estimate of drug-likeness (QED) is 0.452. The number of carbonyl (C=O) groups is 1. The van der Waals surface area contributed by atoms with E-state index in [-0.39, 0.29) is 23.9 Å². The van der Waals surface area contributed by atoms with Crippen LogP contribution >= 0.6 is 0 Å². The van der Waals surface area contributed by atoms with Gasteiger partial charge in [-0.2, -0.15) is 0 Å². The third-order valence-corrected chi connectivity index (χ3v) is 6.65. The van der Waals surface area contributed by atoms with Crippen LogP contribution in [0.15, 0.2) is 59.0 Å². The lowest BCUT2D eigenvalue weighted by molar-refractivity contribution is -0.116. The zero-order chi connectivity index (χ0) is 22.4. The van der Waals surface area contributed by atoms with E-state index in [1.165, 1.54) is 0 Å². The van der Waals surface area contributed by atoms with E-state index in [0.717, 1.165) is 5.56 Å². The minimum Gasteiger partial charge on any atom is -0.497 e. The molecule has 31 heavy (non-hydrogen) atoms. The third kappa shape index (κ3) is 6.28.